The fourth-order valence-electron chi connectivity index (χ4n) is 0.969. The Bertz CT molecular complexity index is 419. The largest absolute Gasteiger partial charge is 0.356 e. The van der Waals surface area contributed by atoms with Gasteiger partial charge in [0.1, 0.15) is 0 Å². The van der Waals surface area contributed by atoms with Crippen LogP contribution in [0.3, 0.4) is 0 Å². The molecule has 4 nitrogen and oxygen atoms in total. The van der Waals surface area contributed by atoms with Gasteiger partial charge in [-0.3, -0.25) is 9.59 Å². The van der Waals surface area contributed by atoms with E-state index in [1.807, 2.05) is 6.92 Å². The van der Waals surface area contributed by atoms with E-state index >= 15 is 0 Å². The topological polar surface area (TPSA) is 52.6 Å². The summed E-state index contributed by atoms with van der Waals surface area (Å²) in [4.78, 5) is 20.1. The van der Waals surface area contributed by atoms with Gasteiger partial charge in [-0.2, -0.15) is 0 Å². The van der Waals surface area contributed by atoms with Crippen molar-refractivity contribution in [3.05, 3.63) is 34.4 Å². The van der Waals surface area contributed by atoms with Gasteiger partial charge in [0.05, 0.1) is 11.1 Å². The summed E-state index contributed by atoms with van der Waals surface area (Å²) < 4.78 is 60.2. The van der Waals surface area contributed by atoms with Crippen molar-refractivity contribution < 1.29 is 36.6 Å². The molecule has 0 aliphatic carbocycles. The molecule has 0 amide bonds. The number of carbonyl (C=O) groups is 2. The number of halogens is 4. The third-order valence-electron chi connectivity index (χ3n) is 2.23. The molecule has 0 fully saturated rings. The molecule has 0 aliphatic heterocycles. The standard InChI is InChI=1S/C8H2F4O2.C4H10O2/c9-5-3(1-13)6(10)8(12)4(2-14)7(5)11;1-4(5-2)6-3/h1-2H;4H,1-3H3. The van der Waals surface area contributed by atoms with Gasteiger partial charge in [0.2, 0.25) is 0 Å². The third-order valence-corrected chi connectivity index (χ3v) is 2.23. The number of hydrogen-bond donors (Lipinski definition) is 0. The van der Waals surface area contributed by atoms with Crippen LogP contribution < -0.4 is 0 Å². The minimum atomic E-state index is -1.87. The average Bonchev–Trinajstić information content (AvgIpc) is 2.46. The summed E-state index contributed by atoms with van der Waals surface area (Å²) in [5, 5.41) is 0. The first-order chi connectivity index (χ1) is 9.35. The van der Waals surface area contributed by atoms with Gasteiger partial charge in [-0.15, -0.1) is 0 Å². The molecule has 1 rings (SSSR count). The summed E-state index contributed by atoms with van der Waals surface area (Å²) in [5.41, 5.74) is -2.74. The molecule has 0 aliphatic rings. The molecule has 0 heterocycles. The van der Waals surface area contributed by atoms with Crippen LogP contribution in [-0.4, -0.2) is 33.1 Å². The van der Waals surface area contributed by atoms with Crippen molar-refractivity contribution in [1.29, 1.82) is 0 Å². The number of carbonyl (C=O) groups excluding carboxylic acids is 2. The first-order valence-electron chi connectivity index (χ1n) is 5.17. The van der Waals surface area contributed by atoms with Crippen LogP contribution in [0.4, 0.5) is 17.6 Å². The fraction of sp³-hybridized carbons (Fsp3) is 0.333. The third kappa shape index (κ3) is 4.10. The highest BCUT2D eigenvalue weighted by Gasteiger charge is 2.24. The lowest BCUT2D eigenvalue weighted by Gasteiger charge is -2.03. The van der Waals surface area contributed by atoms with Gasteiger partial charge in [0.25, 0.3) is 0 Å². The van der Waals surface area contributed by atoms with E-state index in [0.717, 1.165) is 0 Å². The second-order valence-corrected chi connectivity index (χ2v) is 3.36. The van der Waals surface area contributed by atoms with Gasteiger partial charge >= 0.3 is 0 Å². The summed E-state index contributed by atoms with van der Waals surface area (Å²) in [5.74, 6) is -7.50. The van der Waals surface area contributed by atoms with Gasteiger partial charge in [0, 0.05) is 14.2 Å². The Balaban J connectivity index is 0.000000511. The van der Waals surface area contributed by atoms with Crippen LogP contribution in [0.25, 0.3) is 0 Å². The molecule has 0 saturated heterocycles. The van der Waals surface area contributed by atoms with Gasteiger partial charge in [-0.25, -0.2) is 17.6 Å². The zero-order valence-corrected chi connectivity index (χ0v) is 10.9. The Morgan fingerprint density at radius 3 is 1.15 bits per heavy atom. The van der Waals surface area contributed by atoms with Crippen molar-refractivity contribution in [3.63, 3.8) is 0 Å². The molecule has 0 bridgehead atoms. The molecule has 0 aromatic heterocycles. The van der Waals surface area contributed by atoms with Crippen LogP contribution in [0.2, 0.25) is 0 Å². The molecule has 1 aromatic carbocycles. The molecule has 112 valence electrons. The van der Waals surface area contributed by atoms with Crippen molar-refractivity contribution in [2.45, 2.75) is 13.2 Å². The SMILES string of the molecule is COC(C)OC.O=Cc1c(F)c(F)c(C=O)c(F)c1F. The van der Waals surface area contributed by atoms with Crippen molar-refractivity contribution in [1.82, 2.24) is 0 Å². The second-order valence-electron chi connectivity index (χ2n) is 3.36. The number of hydrogen-bond acceptors (Lipinski definition) is 4. The van der Waals surface area contributed by atoms with Crippen LogP contribution in [0, 0.1) is 23.3 Å². The van der Waals surface area contributed by atoms with Gasteiger partial charge in [-0.05, 0) is 6.92 Å². The summed E-state index contributed by atoms with van der Waals surface area (Å²) >= 11 is 0. The summed E-state index contributed by atoms with van der Waals surface area (Å²) in [6.07, 6.45) is -0.804. The van der Waals surface area contributed by atoms with Crippen molar-refractivity contribution in [2.75, 3.05) is 14.2 Å². The molecule has 0 radical (unpaired) electrons. The van der Waals surface area contributed by atoms with E-state index in [2.05, 4.69) is 9.47 Å². The average molecular weight is 296 g/mol. The van der Waals surface area contributed by atoms with Crippen LogP contribution in [0.1, 0.15) is 27.6 Å². The first kappa shape index (κ1) is 18.2. The zero-order chi connectivity index (χ0) is 15.9. The lowest BCUT2D eigenvalue weighted by Crippen LogP contribution is -2.07. The Labute approximate surface area is 112 Å². The van der Waals surface area contributed by atoms with Crippen LogP contribution in [0.5, 0.6) is 0 Å². The van der Waals surface area contributed by atoms with Crippen molar-refractivity contribution >= 4 is 12.6 Å². The summed E-state index contributed by atoms with van der Waals surface area (Å²) in [6.45, 7) is 1.83. The zero-order valence-electron chi connectivity index (χ0n) is 10.9. The highest BCUT2D eigenvalue weighted by atomic mass is 19.2. The van der Waals surface area contributed by atoms with E-state index in [-0.39, 0.29) is 18.9 Å². The number of aldehydes is 2. The van der Waals surface area contributed by atoms with E-state index < -0.39 is 34.4 Å². The Hall–Kier alpha value is -1.80. The van der Waals surface area contributed by atoms with E-state index in [1.165, 1.54) is 0 Å². The fourth-order valence-corrected chi connectivity index (χ4v) is 0.969. The molecule has 0 atom stereocenters. The minimum absolute atomic E-state index is 0.0648. The number of methoxy groups -OCH3 is 2. The number of rotatable bonds is 4. The van der Waals surface area contributed by atoms with E-state index in [0.29, 0.717) is 0 Å². The molecule has 0 N–H and O–H groups in total. The van der Waals surface area contributed by atoms with E-state index in [4.69, 9.17) is 0 Å². The van der Waals surface area contributed by atoms with E-state index in [9.17, 15) is 27.2 Å². The van der Waals surface area contributed by atoms with E-state index in [1.54, 1.807) is 14.2 Å². The summed E-state index contributed by atoms with van der Waals surface area (Å²) in [7, 11) is 3.21. The highest BCUT2D eigenvalue weighted by molar-refractivity contribution is 5.81. The van der Waals surface area contributed by atoms with Crippen molar-refractivity contribution in [3.8, 4) is 0 Å². The molecule has 0 unspecified atom stereocenters. The number of ether oxygens (including phenoxy) is 2. The highest BCUT2D eigenvalue weighted by Crippen LogP contribution is 2.21. The maximum absolute atomic E-state index is 12.7. The van der Waals surface area contributed by atoms with Gasteiger partial charge in [-0.1, -0.05) is 0 Å². The molecule has 0 spiro atoms. The van der Waals surface area contributed by atoms with Gasteiger partial charge < -0.3 is 9.47 Å². The second kappa shape index (κ2) is 8.39. The summed E-state index contributed by atoms with van der Waals surface area (Å²) in [6, 6.07) is 0. The van der Waals surface area contributed by atoms with Crippen molar-refractivity contribution in [2.24, 2.45) is 0 Å². The smallest absolute Gasteiger partial charge is 0.173 e. The quantitative estimate of drug-likeness (QED) is 0.371. The number of benzene rings is 1. The molecule has 20 heavy (non-hydrogen) atoms. The predicted octanol–water partition coefficient (Wildman–Crippen LogP) is 2.49. The van der Waals surface area contributed by atoms with Crippen LogP contribution in [-0.2, 0) is 9.47 Å². The van der Waals surface area contributed by atoms with Gasteiger partial charge in [0.15, 0.2) is 42.1 Å². The molecular weight excluding hydrogens is 284 g/mol. The molecular formula is C12H12F4O4. The molecule has 1 aromatic rings. The lowest BCUT2D eigenvalue weighted by atomic mass is 10.1. The Morgan fingerprint density at radius 1 is 0.800 bits per heavy atom. The minimum Gasteiger partial charge on any atom is -0.356 e. The Morgan fingerprint density at radius 2 is 1.05 bits per heavy atom. The maximum Gasteiger partial charge on any atom is 0.173 e. The normalized spacial score (nSPS) is 10.0. The molecule has 8 heteroatoms. The predicted molar refractivity (Wildman–Crippen MR) is 60.5 cm³/mol. The maximum atomic E-state index is 12.7. The van der Waals surface area contributed by atoms with Crippen LogP contribution in [0.15, 0.2) is 0 Å². The van der Waals surface area contributed by atoms with Crippen LogP contribution >= 0.6 is 0 Å². The lowest BCUT2D eigenvalue weighted by molar-refractivity contribution is -0.0877. The Kier molecular flexibility index (Phi) is 7.63. The first-order valence-corrected chi connectivity index (χ1v) is 5.17. The monoisotopic (exact) mass is 296 g/mol. The molecule has 0 saturated carbocycles.